The first kappa shape index (κ1) is 13.8. The van der Waals surface area contributed by atoms with Gasteiger partial charge in [-0.15, -0.1) is 12.4 Å². The Balaban J connectivity index is 0.00000169. The minimum absolute atomic E-state index is 0. The van der Waals surface area contributed by atoms with E-state index in [4.69, 9.17) is 10.8 Å². The summed E-state index contributed by atoms with van der Waals surface area (Å²) in [5.74, 6) is -0.306. The predicted octanol–water partition coefficient (Wildman–Crippen LogP) is 2.39. The third kappa shape index (κ3) is 3.53. The van der Waals surface area contributed by atoms with Crippen molar-refractivity contribution in [1.29, 1.82) is 0 Å². The Morgan fingerprint density at radius 2 is 2.14 bits per heavy atom. The largest absolute Gasteiger partial charge is 0.396 e. The number of halogens is 3. The van der Waals surface area contributed by atoms with E-state index in [1.807, 2.05) is 0 Å². The highest BCUT2D eigenvalue weighted by atomic mass is 79.9. The SMILES string of the molecule is Cl.N[C@H](CCO)c1ccc(F)c(Br)c1. The van der Waals surface area contributed by atoms with E-state index in [0.717, 1.165) is 5.56 Å². The van der Waals surface area contributed by atoms with Gasteiger partial charge in [-0.25, -0.2) is 4.39 Å². The molecule has 0 aliphatic rings. The summed E-state index contributed by atoms with van der Waals surface area (Å²) >= 11 is 3.07. The monoisotopic (exact) mass is 283 g/mol. The van der Waals surface area contributed by atoms with Crippen LogP contribution in [0.4, 0.5) is 4.39 Å². The van der Waals surface area contributed by atoms with E-state index >= 15 is 0 Å². The number of nitrogens with two attached hydrogens (primary N) is 1. The minimum Gasteiger partial charge on any atom is -0.396 e. The Morgan fingerprint density at radius 3 is 2.64 bits per heavy atom. The van der Waals surface area contributed by atoms with Crippen molar-refractivity contribution in [2.75, 3.05) is 6.61 Å². The molecule has 1 aromatic carbocycles. The molecule has 0 saturated carbocycles. The lowest BCUT2D eigenvalue weighted by Gasteiger charge is -2.10. The van der Waals surface area contributed by atoms with Crippen molar-refractivity contribution >= 4 is 28.3 Å². The van der Waals surface area contributed by atoms with Gasteiger partial charge in [-0.05, 0) is 40.0 Å². The van der Waals surface area contributed by atoms with Crippen molar-refractivity contribution in [1.82, 2.24) is 0 Å². The Labute approximate surface area is 96.8 Å². The first-order chi connectivity index (χ1) is 6.15. The van der Waals surface area contributed by atoms with E-state index in [2.05, 4.69) is 15.9 Å². The van der Waals surface area contributed by atoms with Gasteiger partial charge in [0.1, 0.15) is 5.82 Å². The second-order valence-corrected chi connectivity index (χ2v) is 3.65. The zero-order valence-corrected chi connectivity index (χ0v) is 9.81. The van der Waals surface area contributed by atoms with Gasteiger partial charge in [0.05, 0.1) is 4.47 Å². The number of hydrogen-bond donors (Lipinski definition) is 2. The second-order valence-electron chi connectivity index (χ2n) is 2.79. The molecule has 0 heterocycles. The lowest BCUT2D eigenvalue weighted by atomic mass is 10.1. The van der Waals surface area contributed by atoms with Crippen molar-refractivity contribution in [2.24, 2.45) is 5.73 Å². The average molecular weight is 285 g/mol. The molecule has 14 heavy (non-hydrogen) atoms. The maximum atomic E-state index is 12.8. The molecule has 1 aromatic rings. The predicted molar refractivity (Wildman–Crippen MR) is 60.0 cm³/mol. The Kier molecular flexibility index (Phi) is 6.27. The summed E-state index contributed by atoms with van der Waals surface area (Å²) in [6, 6.07) is 4.38. The van der Waals surface area contributed by atoms with Gasteiger partial charge in [-0.3, -0.25) is 0 Å². The van der Waals surface area contributed by atoms with Crippen molar-refractivity contribution in [3.63, 3.8) is 0 Å². The lowest BCUT2D eigenvalue weighted by molar-refractivity contribution is 0.276. The molecule has 80 valence electrons. The van der Waals surface area contributed by atoms with Crippen molar-refractivity contribution in [3.8, 4) is 0 Å². The van der Waals surface area contributed by atoms with Crippen LogP contribution >= 0.6 is 28.3 Å². The topological polar surface area (TPSA) is 46.2 Å². The second kappa shape index (κ2) is 6.35. The number of aliphatic hydroxyl groups excluding tert-OH is 1. The van der Waals surface area contributed by atoms with Crippen LogP contribution in [0, 0.1) is 5.82 Å². The van der Waals surface area contributed by atoms with Crippen LogP contribution in [0.5, 0.6) is 0 Å². The van der Waals surface area contributed by atoms with Crippen LogP contribution in [-0.4, -0.2) is 11.7 Å². The third-order valence-electron chi connectivity index (χ3n) is 1.81. The average Bonchev–Trinajstić information content (AvgIpc) is 2.10. The fourth-order valence-electron chi connectivity index (χ4n) is 1.05. The highest BCUT2D eigenvalue weighted by molar-refractivity contribution is 9.10. The molecule has 3 N–H and O–H groups in total. The zero-order valence-electron chi connectivity index (χ0n) is 7.41. The van der Waals surface area contributed by atoms with Crippen LogP contribution in [0.2, 0.25) is 0 Å². The Bertz CT molecular complexity index is 298. The smallest absolute Gasteiger partial charge is 0.137 e. The summed E-state index contributed by atoms with van der Waals surface area (Å²) in [7, 11) is 0. The summed E-state index contributed by atoms with van der Waals surface area (Å²) in [5.41, 5.74) is 6.54. The fourth-order valence-corrected chi connectivity index (χ4v) is 1.45. The van der Waals surface area contributed by atoms with Crippen LogP contribution in [0.15, 0.2) is 22.7 Å². The normalized spacial score (nSPS) is 12.0. The molecule has 1 atom stereocenters. The molecule has 0 saturated heterocycles. The molecule has 0 bridgehead atoms. The van der Waals surface area contributed by atoms with Crippen molar-refractivity contribution < 1.29 is 9.50 Å². The van der Waals surface area contributed by atoms with E-state index < -0.39 is 0 Å². The third-order valence-corrected chi connectivity index (χ3v) is 2.42. The highest BCUT2D eigenvalue weighted by Gasteiger charge is 2.07. The summed E-state index contributed by atoms with van der Waals surface area (Å²) in [6.45, 7) is 0.0379. The molecule has 0 aliphatic heterocycles. The molecule has 0 amide bonds. The van der Waals surface area contributed by atoms with E-state index in [9.17, 15) is 4.39 Å². The van der Waals surface area contributed by atoms with Gasteiger partial charge in [0.25, 0.3) is 0 Å². The first-order valence-electron chi connectivity index (χ1n) is 3.96. The fraction of sp³-hybridized carbons (Fsp3) is 0.333. The number of rotatable bonds is 3. The Hall–Kier alpha value is -0.160. The van der Waals surface area contributed by atoms with Crippen molar-refractivity contribution in [2.45, 2.75) is 12.5 Å². The molecular weight excluding hydrogens is 272 g/mol. The lowest BCUT2D eigenvalue weighted by Crippen LogP contribution is -2.11. The number of benzene rings is 1. The van der Waals surface area contributed by atoms with E-state index in [1.54, 1.807) is 12.1 Å². The standard InChI is InChI=1S/C9H11BrFNO.ClH/c10-7-5-6(1-2-8(7)11)9(12)3-4-13;/h1-2,5,9,13H,3-4,12H2;1H/t9-;/m1./s1. The van der Waals surface area contributed by atoms with Crippen LogP contribution in [0.1, 0.15) is 18.0 Å². The molecule has 0 radical (unpaired) electrons. The van der Waals surface area contributed by atoms with Crippen molar-refractivity contribution in [3.05, 3.63) is 34.1 Å². The summed E-state index contributed by atoms with van der Waals surface area (Å²) in [4.78, 5) is 0. The molecule has 0 aromatic heterocycles. The quantitative estimate of drug-likeness (QED) is 0.895. The van der Waals surface area contributed by atoms with Gasteiger partial charge in [0.15, 0.2) is 0 Å². The minimum atomic E-state index is -0.306. The first-order valence-corrected chi connectivity index (χ1v) is 4.76. The molecule has 2 nitrogen and oxygen atoms in total. The van der Waals surface area contributed by atoms with Gasteiger partial charge >= 0.3 is 0 Å². The van der Waals surface area contributed by atoms with Crippen LogP contribution in [0.25, 0.3) is 0 Å². The number of aliphatic hydroxyl groups is 1. The van der Waals surface area contributed by atoms with Gasteiger partial charge in [-0.1, -0.05) is 6.07 Å². The number of hydrogen-bond acceptors (Lipinski definition) is 2. The van der Waals surface area contributed by atoms with Crippen LogP contribution in [0.3, 0.4) is 0 Å². The molecule has 1 rings (SSSR count). The highest BCUT2D eigenvalue weighted by Crippen LogP contribution is 2.21. The van der Waals surface area contributed by atoms with Crippen LogP contribution in [-0.2, 0) is 0 Å². The van der Waals surface area contributed by atoms with E-state index in [-0.39, 0.29) is 30.9 Å². The summed E-state index contributed by atoms with van der Waals surface area (Å²) in [5, 5.41) is 8.66. The van der Waals surface area contributed by atoms with E-state index in [0.29, 0.717) is 10.9 Å². The van der Waals surface area contributed by atoms with Gasteiger partial charge in [0.2, 0.25) is 0 Å². The maximum absolute atomic E-state index is 12.8. The van der Waals surface area contributed by atoms with Gasteiger partial charge in [-0.2, -0.15) is 0 Å². The van der Waals surface area contributed by atoms with Gasteiger partial charge in [0, 0.05) is 12.6 Å². The zero-order chi connectivity index (χ0) is 9.84. The Morgan fingerprint density at radius 1 is 1.50 bits per heavy atom. The van der Waals surface area contributed by atoms with Gasteiger partial charge < -0.3 is 10.8 Å². The molecule has 5 heteroatoms. The molecule has 0 aliphatic carbocycles. The maximum Gasteiger partial charge on any atom is 0.137 e. The summed E-state index contributed by atoms with van der Waals surface area (Å²) < 4.78 is 13.2. The summed E-state index contributed by atoms with van der Waals surface area (Å²) in [6.07, 6.45) is 0.484. The van der Waals surface area contributed by atoms with E-state index in [1.165, 1.54) is 6.07 Å². The molecule has 0 spiro atoms. The molecule has 0 unspecified atom stereocenters. The molecule has 0 fully saturated rings. The molecular formula is C9H12BrClFNO. The van der Waals surface area contributed by atoms with Crippen LogP contribution < -0.4 is 5.73 Å².